The summed E-state index contributed by atoms with van der Waals surface area (Å²) in [5.74, 6) is -1.24. The predicted molar refractivity (Wildman–Crippen MR) is 44.3 cm³/mol. The molecular formula is C8H13NO3. The molecule has 1 rings (SSSR count). The zero-order valence-corrected chi connectivity index (χ0v) is 7.50. The maximum atomic E-state index is 10.4. The maximum Gasteiger partial charge on any atom is 0.391 e. The molecule has 4 nitrogen and oxygen atoms in total. The molecular weight excluding hydrogens is 158 g/mol. The van der Waals surface area contributed by atoms with Crippen molar-refractivity contribution >= 4 is 11.9 Å². The van der Waals surface area contributed by atoms with E-state index in [1.165, 1.54) is 0 Å². The SMILES string of the molecule is CC(C)(C)C1COC(C(=O)O)=N1. The molecule has 0 radical (unpaired) electrons. The Bertz CT molecular complexity index is 227. The molecule has 0 aliphatic carbocycles. The third-order valence-corrected chi connectivity index (χ3v) is 1.83. The Labute approximate surface area is 71.3 Å². The van der Waals surface area contributed by atoms with Crippen molar-refractivity contribution in [2.24, 2.45) is 10.4 Å². The van der Waals surface area contributed by atoms with E-state index in [-0.39, 0.29) is 17.4 Å². The van der Waals surface area contributed by atoms with Gasteiger partial charge in [-0.3, -0.25) is 0 Å². The molecule has 0 fully saturated rings. The topological polar surface area (TPSA) is 58.9 Å². The summed E-state index contributed by atoms with van der Waals surface area (Å²) < 4.78 is 4.90. The van der Waals surface area contributed by atoms with Gasteiger partial charge in [-0.25, -0.2) is 9.79 Å². The van der Waals surface area contributed by atoms with E-state index in [1.54, 1.807) is 0 Å². The van der Waals surface area contributed by atoms with Gasteiger partial charge in [0.25, 0.3) is 5.90 Å². The van der Waals surface area contributed by atoms with E-state index >= 15 is 0 Å². The molecule has 0 aromatic rings. The second kappa shape index (κ2) is 2.77. The van der Waals surface area contributed by atoms with Gasteiger partial charge in [0.15, 0.2) is 0 Å². The van der Waals surface area contributed by atoms with E-state index in [4.69, 9.17) is 9.84 Å². The molecule has 12 heavy (non-hydrogen) atoms. The molecule has 0 saturated heterocycles. The molecule has 0 saturated carbocycles. The Hall–Kier alpha value is -1.06. The summed E-state index contributed by atoms with van der Waals surface area (Å²) in [6, 6.07) is -0.0383. The van der Waals surface area contributed by atoms with Crippen LogP contribution in [0, 0.1) is 5.41 Å². The van der Waals surface area contributed by atoms with Gasteiger partial charge in [-0.05, 0) is 5.41 Å². The largest absolute Gasteiger partial charge is 0.474 e. The number of carbonyl (C=O) groups is 1. The summed E-state index contributed by atoms with van der Waals surface area (Å²) in [6.07, 6.45) is 0. The molecule has 1 unspecified atom stereocenters. The van der Waals surface area contributed by atoms with Crippen molar-refractivity contribution in [2.45, 2.75) is 26.8 Å². The van der Waals surface area contributed by atoms with Crippen molar-refractivity contribution in [3.8, 4) is 0 Å². The second-order valence-electron chi connectivity index (χ2n) is 3.93. The van der Waals surface area contributed by atoms with E-state index in [0.717, 1.165) is 0 Å². The third-order valence-electron chi connectivity index (χ3n) is 1.83. The van der Waals surface area contributed by atoms with Gasteiger partial charge in [0.1, 0.15) is 6.61 Å². The minimum absolute atomic E-state index is 0.0306. The van der Waals surface area contributed by atoms with Gasteiger partial charge in [-0.1, -0.05) is 20.8 Å². The van der Waals surface area contributed by atoms with E-state index in [9.17, 15) is 4.79 Å². The average Bonchev–Trinajstić information content (AvgIpc) is 2.30. The lowest BCUT2D eigenvalue weighted by molar-refractivity contribution is -0.130. The zero-order chi connectivity index (χ0) is 9.35. The molecule has 0 amide bonds. The van der Waals surface area contributed by atoms with Crippen LogP contribution in [0.15, 0.2) is 4.99 Å². The van der Waals surface area contributed by atoms with Gasteiger partial charge in [-0.15, -0.1) is 0 Å². The molecule has 0 aromatic carbocycles. The number of aliphatic imine (C=N–C) groups is 1. The summed E-state index contributed by atoms with van der Waals surface area (Å²) in [6.45, 7) is 6.41. The molecule has 68 valence electrons. The van der Waals surface area contributed by atoms with E-state index in [0.29, 0.717) is 6.61 Å². The summed E-state index contributed by atoms with van der Waals surface area (Å²) in [5.41, 5.74) is -0.0306. The standard InChI is InChI=1S/C8H13NO3/c1-8(2,3)5-4-12-6(9-5)7(10)11/h5H,4H2,1-3H3,(H,10,11). The van der Waals surface area contributed by atoms with Gasteiger partial charge in [0, 0.05) is 0 Å². The Morgan fingerprint density at radius 1 is 1.67 bits per heavy atom. The first-order valence-electron chi connectivity index (χ1n) is 3.85. The molecule has 0 aromatic heterocycles. The van der Waals surface area contributed by atoms with Crippen LogP contribution in [0.1, 0.15) is 20.8 Å². The van der Waals surface area contributed by atoms with Crippen molar-refractivity contribution in [3.05, 3.63) is 0 Å². The highest BCUT2D eigenvalue weighted by Gasteiger charge is 2.32. The van der Waals surface area contributed by atoms with Crippen molar-refractivity contribution in [2.75, 3.05) is 6.61 Å². The maximum absolute atomic E-state index is 10.4. The Morgan fingerprint density at radius 3 is 2.50 bits per heavy atom. The first-order valence-corrected chi connectivity index (χ1v) is 3.85. The minimum Gasteiger partial charge on any atom is -0.474 e. The highest BCUT2D eigenvalue weighted by Crippen LogP contribution is 2.25. The number of carboxylic acids is 1. The van der Waals surface area contributed by atoms with Crippen LogP contribution in [0.5, 0.6) is 0 Å². The average molecular weight is 171 g/mol. The van der Waals surface area contributed by atoms with Gasteiger partial charge in [0.2, 0.25) is 0 Å². The first kappa shape index (κ1) is 9.03. The van der Waals surface area contributed by atoms with Gasteiger partial charge in [-0.2, -0.15) is 0 Å². The summed E-state index contributed by atoms with van der Waals surface area (Å²) in [7, 11) is 0. The second-order valence-corrected chi connectivity index (χ2v) is 3.93. The van der Waals surface area contributed by atoms with Crippen molar-refractivity contribution in [3.63, 3.8) is 0 Å². The Kier molecular flexibility index (Phi) is 2.08. The summed E-state index contributed by atoms with van der Waals surface area (Å²) in [4.78, 5) is 14.4. The van der Waals surface area contributed by atoms with Crippen LogP contribution >= 0.6 is 0 Å². The third kappa shape index (κ3) is 1.75. The van der Waals surface area contributed by atoms with Crippen LogP contribution in [0.25, 0.3) is 0 Å². The normalized spacial score (nSPS) is 23.2. The molecule has 1 heterocycles. The van der Waals surface area contributed by atoms with Crippen molar-refractivity contribution in [1.29, 1.82) is 0 Å². The lowest BCUT2D eigenvalue weighted by Crippen LogP contribution is -2.25. The molecule has 1 N–H and O–H groups in total. The lowest BCUT2D eigenvalue weighted by Gasteiger charge is -2.21. The molecule has 4 heteroatoms. The van der Waals surface area contributed by atoms with E-state index < -0.39 is 5.97 Å². The molecule has 1 aliphatic rings. The Morgan fingerprint density at radius 2 is 2.25 bits per heavy atom. The van der Waals surface area contributed by atoms with Crippen LogP contribution < -0.4 is 0 Å². The van der Waals surface area contributed by atoms with Crippen LogP contribution in [0.2, 0.25) is 0 Å². The van der Waals surface area contributed by atoms with Gasteiger partial charge >= 0.3 is 5.97 Å². The molecule has 1 aliphatic heterocycles. The first-order chi connectivity index (χ1) is 5.41. The van der Waals surface area contributed by atoms with Crippen molar-refractivity contribution in [1.82, 2.24) is 0 Å². The van der Waals surface area contributed by atoms with Crippen molar-refractivity contribution < 1.29 is 14.6 Å². The van der Waals surface area contributed by atoms with Crippen LogP contribution in [-0.4, -0.2) is 29.6 Å². The monoisotopic (exact) mass is 171 g/mol. The van der Waals surface area contributed by atoms with Gasteiger partial charge < -0.3 is 9.84 Å². The lowest BCUT2D eigenvalue weighted by atomic mass is 9.88. The quantitative estimate of drug-likeness (QED) is 0.638. The van der Waals surface area contributed by atoms with Crippen LogP contribution in [0.4, 0.5) is 0 Å². The van der Waals surface area contributed by atoms with Crippen LogP contribution in [-0.2, 0) is 9.53 Å². The number of carboxylic acid groups (broad SMARTS) is 1. The van der Waals surface area contributed by atoms with Crippen LogP contribution in [0.3, 0.4) is 0 Å². The molecule has 0 spiro atoms. The fourth-order valence-electron chi connectivity index (χ4n) is 0.935. The number of aliphatic carboxylic acids is 1. The van der Waals surface area contributed by atoms with E-state index in [1.807, 2.05) is 20.8 Å². The number of ether oxygens (including phenoxy) is 1. The van der Waals surface area contributed by atoms with Gasteiger partial charge in [0.05, 0.1) is 6.04 Å². The number of rotatable bonds is 1. The number of hydrogen-bond acceptors (Lipinski definition) is 3. The molecule has 1 atom stereocenters. The fraction of sp³-hybridized carbons (Fsp3) is 0.750. The highest BCUT2D eigenvalue weighted by atomic mass is 16.5. The molecule has 0 bridgehead atoms. The summed E-state index contributed by atoms with van der Waals surface area (Å²) >= 11 is 0. The zero-order valence-electron chi connectivity index (χ0n) is 7.50. The smallest absolute Gasteiger partial charge is 0.391 e. The van der Waals surface area contributed by atoms with E-state index in [2.05, 4.69) is 4.99 Å². The highest BCUT2D eigenvalue weighted by molar-refractivity contribution is 6.32. The fourth-order valence-corrected chi connectivity index (χ4v) is 0.935. The number of hydrogen-bond donors (Lipinski definition) is 1. The Balaban J connectivity index is 2.71. The minimum atomic E-state index is -1.08. The summed E-state index contributed by atoms with van der Waals surface area (Å²) in [5, 5.41) is 8.54. The number of nitrogens with zero attached hydrogens (tertiary/aromatic N) is 1. The predicted octanol–water partition coefficient (Wildman–Crippen LogP) is 0.914.